The fourth-order valence-electron chi connectivity index (χ4n) is 2.67. The van der Waals surface area contributed by atoms with Crippen molar-refractivity contribution in [2.45, 2.75) is 24.9 Å². The lowest BCUT2D eigenvalue weighted by Gasteiger charge is -2.48. The van der Waals surface area contributed by atoms with Crippen molar-refractivity contribution in [3.05, 3.63) is 17.2 Å². The molecule has 0 aromatic heterocycles. The van der Waals surface area contributed by atoms with Crippen LogP contribution in [0.4, 0.5) is 5.69 Å². The molecule has 3 nitrogen and oxygen atoms in total. The van der Waals surface area contributed by atoms with E-state index in [0.717, 1.165) is 30.8 Å². The monoisotopic (exact) mass is 253 g/mol. The number of anilines is 1. The lowest BCUT2D eigenvalue weighted by Crippen LogP contribution is -2.54. The molecule has 2 aliphatic rings. The van der Waals surface area contributed by atoms with Crippen LogP contribution in [0.5, 0.6) is 11.5 Å². The predicted octanol–water partition coefficient (Wildman–Crippen LogP) is 3.10. The molecule has 92 valence electrons. The van der Waals surface area contributed by atoms with E-state index >= 15 is 0 Å². The minimum atomic E-state index is 0.0284. The Balaban J connectivity index is 2.03. The zero-order valence-electron chi connectivity index (χ0n) is 10.1. The number of hydrogen-bond acceptors (Lipinski definition) is 3. The van der Waals surface area contributed by atoms with Crippen LogP contribution in [0, 0.1) is 0 Å². The third kappa shape index (κ3) is 1.64. The van der Waals surface area contributed by atoms with Crippen molar-refractivity contribution in [3.8, 4) is 11.5 Å². The third-order valence-corrected chi connectivity index (χ3v) is 4.06. The molecule has 1 aromatic rings. The van der Waals surface area contributed by atoms with E-state index in [4.69, 9.17) is 21.1 Å². The Morgan fingerprint density at radius 2 is 2.18 bits per heavy atom. The Morgan fingerprint density at radius 1 is 1.41 bits per heavy atom. The van der Waals surface area contributed by atoms with Crippen molar-refractivity contribution < 1.29 is 9.47 Å². The molecule has 1 fully saturated rings. The van der Waals surface area contributed by atoms with Crippen molar-refractivity contribution in [1.29, 1.82) is 0 Å². The molecular formula is C13H16ClNO2. The van der Waals surface area contributed by atoms with Crippen LogP contribution in [0.1, 0.15) is 19.3 Å². The van der Waals surface area contributed by atoms with Crippen molar-refractivity contribution in [2.75, 3.05) is 25.6 Å². The van der Waals surface area contributed by atoms with E-state index < -0.39 is 0 Å². The second-order valence-corrected chi connectivity index (χ2v) is 5.36. The highest BCUT2D eigenvalue weighted by Crippen LogP contribution is 2.47. The molecular weight excluding hydrogens is 238 g/mol. The highest BCUT2D eigenvalue weighted by atomic mass is 35.5. The molecule has 0 N–H and O–H groups in total. The fraction of sp³-hybridized carbons (Fsp3) is 0.538. The van der Waals surface area contributed by atoms with Crippen molar-refractivity contribution in [3.63, 3.8) is 0 Å². The van der Waals surface area contributed by atoms with Gasteiger partial charge in [-0.3, -0.25) is 0 Å². The van der Waals surface area contributed by atoms with Gasteiger partial charge in [-0.1, -0.05) is 11.6 Å². The van der Waals surface area contributed by atoms with Gasteiger partial charge in [0.25, 0.3) is 0 Å². The van der Waals surface area contributed by atoms with Crippen LogP contribution in [0.25, 0.3) is 0 Å². The zero-order valence-corrected chi connectivity index (χ0v) is 10.9. The summed E-state index contributed by atoms with van der Waals surface area (Å²) < 4.78 is 11.4. The van der Waals surface area contributed by atoms with Gasteiger partial charge in [0, 0.05) is 13.1 Å². The third-order valence-electron chi connectivity index (χ3n) is 3.76. The van der Waals surface area contributed by atoms with E-state index in [2.05, 4.69) is 11.9 Å². The van der Waals surface area contributed by atoms with Crippen LogP contribution in [-0.2, 0) is 0 Å². The first-order valence-corrected chi connectivity index (χ1v) is 6.29. The number of rotatable bonds is 1. The number of methoxy groups -OCH3 is 1. The van der Waals surface area contributed by atoms with Crippen LogP contribution >= 0.6 is 11.6 Å². The highest BCUT2D eigenvalue weighted by molar-refractivity contribution is 6.32. The number of ether oxygens (including phenoxy) is 2. The quantitative estimate of drug-likeness (QED) is 0.768. The van der Waals surface area contributed by atoms with Gasteiger partial charge in [0.15, 0.2) is 0 Å². The topological polar surface area (TPSA) is 21.7 Å². The van der Waals surface area contributed by atoms with Crippen LogP contribution in [0.15, 0.2) is 12.1 Å². The largest absolute Gasteiger partial charge is 0.495 e. The molecule has 0 atom stereocenters. The SMILES string of the molecule is COc1cc2c(cc1Cl)N(C)CC1(CCC1)O2. The van der Waals surface area contributed by atoms with Gasteiger partial charge in [-0.25, -0.2) is 0 Å². The summed E-state index contributed by atoms with van der Waals surface area (Å²) in [6.07, 6.45) is 3.54. The first-order chi connectivity index (χ1) is 8.13. The lowest BCUT2D eigenvalue weighted by atomic mass is 9.78. The molecule has 3 rings (SSSR count). The molecule has 1 aliphatic carbocycles. The minimum absolute atomic E-state index is 0.0284. The fourth-order valence-corrected chi connectivity index (χ4v) is 2.91. The summed E-state index contributed by atoms with van der Waals surface area (Å²) >= 11 is 6.14. The molecule has 0 bridgehead atoms. The maximum atomic E-state index is 6.14. The summed E-state index contributed by atoms with van der Waals surface area (Å²) in [5.74, 6) is 1.56. The summed E-state index contributed by atoms with van der Waals surface area (Å²) in [4.78, 5) is 2.23. The number of halogens is 1. The molecule has 1 aliphatic heterocycles. The smallest absolute Gasteiger partial charge is 0.147 e. The van der Waals surface area contributed by atoms with Crippen molar-refractivity contribution in [2.24, 2.45) is 0 Å². The number of benzene rings is 1. The summed E-state index contributed by atoms with van der Waals surface area (Å²) in [5, 5.41) is 0.631. The molecule has 1 heterocycles. The van der Waals surface area contributed by atoms with Gasteiger partial charge in [-0.15, -0.1) is 0 Å². The van der Waals surface area contributed by atoms with E-state index in [1.807, 2.05) is 12.1 Å². The zero-order chi connectivity index (χ0) is 12.0. The molecule has 0 unspecified atom stereocenters. The normalized spacial score (nSPS) is 20.5. The van der Waals surface area contributed by atoms with Crippen LogP contribution in [0.3, 0.4) is 0 Å². The second kappa shape index (κ2) is 3.70. The summed E-state index contributed by atoms with van der Waals surface area (Å²) in [6, 6.07) is 3.81. The first-order valence-electron chi connectivity index (χ1n) is 5.91. The predicted molar refractivity (Wildman–Crippen MR) is 68.5 cm³/mol. The Bertz CT molecular complexity index is 457. The van der Waals surface area contributed by atoms with E-state index in [0.29, 0.717) is 10.8 Å². The second-order valence-electron chi connectivity index (χ2n) is 4.95. The van der Waals surface area contributed by atoms with Gasteiger partial charge >= 0.3 is 0 Å². The maximum Gasteiger partial charge on any atom is 0.147 e. The number of fused-ring (bicyclic) bond motifs is 1. The lowest BCUT2D eigenvalue weighted by molar-refractivity contribution is -0.00649. The van der Waals surface area contributed by atoms with E-state index in [1.54, 1.807) is 7.11 Å². The van der Waals surface area contributed by atoms with E-state index in [9.17, 15) is 0 Å². The van der Waals surface area contributed by atoms with Crippen LogP contribution in [0.2, 0.25) is 5.02 Å². The van der Waals surface area contributed by atoms with Gasteiger partial charge in [0.2, 0.25) is 0 Å². The van der Waals surface area contributed by atoms with Gasteiger partial charge in [-0.2, -0.15) is 0 Å². The molecule has 4 heteroatoms. The summed E-state index contributed by atoms with van der Waals surface area (Å²) in [6.45, 7) is 0.947. The molecule has 1 spiro atoms. The van der Waals surface area contributed by atoms with Gasteiger partial charge < -0.3 is 14.4 Å². The molecule has 0 saturated heterocycles. The molecule has 0 amide bonds. The number of hydrogen-bond donors (Lipinski definition) is 0. The summed E-state index contributed by atoms with van der Waals surface area (Å²) in [5.41, 5.74) is 1.08. The maximum absolute atomic E-state index is 6.14. The molecule has 1 saturated carbocycles. The van der Waals surface area contributed by atoms with Crippen LogP contribution in [-0.4, -0.2) is 26.3 Å². The Kier molecular flexibility index (Phi) is 2.40. The molecule has 1 aromatic carbocycles. The Hall–Kier alpha value is -1.09. The standard InChI is InChI=1S/C13H16ClNO2/c1-15-8-13(4-3-5-13)17-12-7-11(16-2)9(14)6-10(12)15/h6-7H,3-5,8H2,1-2H3. The Labute approximate surface area is 106 Å². The average molecular weight is 254 g/mol. The van der Waals surface area contributed by atoms with Crippen molar-refractivity contribution >= 4 is 17.3 Å². The summed E-state index contributed by atoms with van der Waals surface area (Å²) in [7, 11) is 3.71. The van der Waals surface area contributed by atoms with E-state index in [1.165, 1.54) is 6.42 Å². The highest BCUT2D eigenvalue weighted by Gasteiger charge is 2.44. The van der Waals surface area contributed by atoms with Gasteiger partial charge in [0.1, 0.15) is 17.1 Å². The Morgan fingerprint density at radius 3 is 2.76 bits per heavy atom. The van der Waals surface area contributed by atoms with Gasteiger partial charge in [0.05, 0.1) is 24.4 Å². The molecule has 17 heavy (non-hydrogen) atoms. The minimum Gasteiger partial charge on any atom is -0.495 e. The van der Waals surface area contributed by atoms with Crippen LogP contribution < -0.4 is 14.4 Å². The van der Waals surface area contributed by atoms with E-state index in [-0.39, 0.29) is 5.60 Å². The molecule has 0 radical (unpaired) electrons. The van der Waals surface area contributed by atoms with Gasteiger partial charge in [-0.05, 0) is 25.3 Å². The average Bonchev–Trinajstić information content (AvgIpc) is 2.27. The number of likely N-dealkylation sites (N-methyl/N-ethyl adjacent to an activating group) is 1. The number of nitrogens with zero attached hydrogens (tertiary/aromatic N) is 1. The first kappa shape index (κ1) is 11.0. The van der Waals surface area contributed by atoms with Crippen molar-refractivity contribution in [1.82, 2.24) is 0 Å².